The van der Waals surface area contributed by atoms with Crippen molar-refractivity contribution >= 4 is 16.8 Å². The molecule has 24 heavy (non-hydrogen) atoms. The topological polar surface area (TPSA) is 44.9 Å². The molecule has 0 saturated heterocycles. The van der Waals surface area contributed by atoms with Gasteiger partial charge in [-0.3, -0.25) is 4.79 Å². The number of carbonyl (C=O) groups excluding carboxylic acids is 1. The molecule has 1 aliphatic carbocycles. The minimum Gasteiger partial charge on any atom is -0.358 e. The standard InChI is InChI=1S/C21H22N2O/c1-13-3-6-15(7-4-13)21(24)22-16-8-10-20-18(12-16)17-11-14(2)5-9-19(17)23-20/h3-7,9,11,16,23H,8,10,12H2,1-2H3,(H,22,24). The van der Waals surface area contributed by atoms with Gasteiger partial charge in [0.2, 0.25) is 0 Å². The number of fused-ring (bicyclic) bond motifs is 3. The Labute approximate surface area is 142 Å². The van der Waals surface area contributed by atoms with Crippen molar-refractivity contribution in [1.29, 1.82) is 0 Å². The van der Waals surface area contributed by atoms with E-state index >= 15 is 0 Å². The van der Waals surface area contributed by atoms with Gasteiger partial charge in [0.15, 0.2) is 0 Å². The second-order valence-corrected chi connectivity index (χ2v) is 6.91. The van der Waals surface area contributed by atoms with Gasteiger partial charge in [-0.15, -0.1) is 0 Å². The van der Waals surface area contributed by atoms with Crippen LogP contribution in [-0.2, 0) is 12.8 Å². The van der Waals surface area contributed by atoms with E-state index in [4.69, 9.17) is 0 Å². The third-order valence-electron chi connectivity index (χ3n) is 4.99. The number of carbonyl (C=O) groups is 1. The van der Waals surface area contributed by atoms with E-state index in [0.717, 1.165) is 24.8 Å². The zero-order valence-corrected chi connectivity index (χ0v) is 14.1. The van der Waals surface area contributed by atoms with Gasteiger partial charge in [0.1, 0.15) is 0 Å². The fourth-order valence-corrected chi connectivity index (χ4v) is 3.63. The first-order chi connectivity index (χ1) is 11.6. The summed E-state index contributed by atoms with van der Waals surface area (Å²) >= 11 is 0. The fraction of sp³-hybridized carbons (Fsp3) is 0.286. The van der Waals surface area contributed by atoms with Crippen molar-refractivity contribution in [3.63, 3.8) is 0 Å². The summed E-state index contributed by atoms with van der Waals surface area (Å²) in [7, 11) is 0. The molecule has 0 bridgehead atoms. The second kappa shape index (κ2) is 5.82. The molecule has 3 nitrogen and oxygen atoms in total. The van der Waals surface area contributed by atoms with Gasteiger partial charge < -0.3 is 10.3 Å². The summed E-state index contributed by atoms with van der Waals surface area (Å²) in [5, 5.41) is 4.52. The van der Waals surface area contributed by atoms with Gasteiger partial charge in [0, 0.05) is 28.2 Å². The SMILES string of the molecule is Cc1ccc(C(=O)NC2CCc3[nH]c4ccc(C)cc4c3C2)cc1. The van der Waals surface area contributed by atoms with Gasteiger partial charge in [0.05, 0.1) is 0 Å². The number of benzene rings is 2. The molecule has 4 rings (SSSR count). The van der Waals surface area contributed by atoms with Crippen LogP contribution in [0, 0.1) is 13.8 Å². The molecule has 1 aromatic heterocycles. The first-order valence-corrected chi connectivity index (χ1v) is 8.58. The van der Waals surface area contributed by atoms with E-state index in [2.05, 4.69) is 35.4 Å². The summed E-state index contributed by atoms with van der Waals surface area (Å²) < 4.78 is 0. The number of aryl methyl sites for hydroxylation is 3. The van der Waals surface area contributed by atoms with Crippen molar-refractivity contribution in [2.75, 3.05) is 0 Å². The molecule has 1 unspecified atom stereocenters. The summed E-state index contributed by atoms with van der Waals surface area (Å²) in [6, 6.07) is 14.5. The average Bonchev–Trinajstić information content (AvgIpc) is 2.93. The van der Waals surface area contributed by atoms with E-state index in [-0.39, 0.29) is 11.9 Å². The van der Waals surface area contributed by atoms with Crippen LogP contribution in [0.1, 0.15) is 39.2 Å². The summed E-state index contributed by atoms with van der Waals surface area (Å²) in [6.45, 7) is 4.15. The van der Waals surface area contributed by atoms with Gasteiger partial charge in [-0.1, -0.05) is 29.3 Å². The molecule has 2 N–H and O–H groups in total. The number of rotatable bonds is 2. The Morgan fingerprint density at radius 1 is 1.08 bits per heavy atom. The quantitative estimate of drug-likeness (QED) is 0.735. The average molecular weight is 318 g/mol. The van der Waals surface area contributed by atoms with Crippen LogP contribution >= 0.6 is 0 Å². The normalized spacial score (nSPS) is 16.8. The Morgan fingerprint density at radius 2 is 1.83 bits per heavy atom. The molecule has 1 atom stereocenters. The molecule has 0 saturated carbocycles. The summed E-state index contributed by atoms with van der Waals surface area (Å²) in [5.41, 5.74) is 7.08. The molecule has 122 valence electrons. The number of hydrogen-bond acceptors (Lipinski definition) is 1. The van der Waals surface area contributed by atoms with Gasteiger partial charge >= 0.3 is 0 Å². The van der Waals surface area contributed by atoms with Crippen molar-refractivity contribution in [1.82, 2.24) is 10.3 Å². The molecule has 2 aromatic carbocycles. The lowest BCUT2D eigenvalue weighted by Crippen LogP contribution is -2.38. The van der Waals surface area contributed by atoms with E-state index in [9.17, 15) is 4.79 Å². The zero-order chi connectivity index (χ0) is 16.7. The monoisotopic (exact) mass is 318 g/mol. The highest BCUT2D eigenvalue weighted by Crippen LogP contribution is 2.30. The zero-order valence-electron chi connectivity index (χ0n) is 14.1. The summed E-state index contributed by atoms with van der Waals surface area (Å²) in [4.78, 5) is 16.0. The molecule has 3 heteroatoms. The van der Waals surface area contributed by atoms with Crippen LogP contribution in [0.4, 0.5) is 0 Å². The Hall–Kier alpha value is -2.55. The first kappa shape index (κ1) is 15.0. The van der Waals surface area contributed by atoms with E-state index in [1.165, 1.54) is 33.3 Å². The van der Waals surface area contributed by atoms with Crippen LogP contribution in [-0.4, -0.2) is 16.9 Å². The largest absolute Gasteiger partial charge is 0.358 e. The highest BCUT2D eigenvalue weighted by atomic mass is 16.1. The molecular weight excluding hydrogens is 296 g/mol. The van der Waals surface area contributed by atoms with Crippen LogP contribution in [0.15, 0.2) is 42.5 Å². The Kier molecular flexibility index (Phi) is 3.64. The van der Waals surface area contributed by atoms with Gasteiger partial charge in [-0.25, -0.2) is 0 Å². The molecule has 0 radical (unpaired) electrons. The molecule has 0 spiro atoms. The number of H-pyrrole nitrogens is 1. The Morgan fingerprint density at radius 3 is 2.62 bits per heavy atom. The number of nitrogens with one attached hydrogen (secondary N) is 2. The molecule has 1 amide bonds. The van der Waals surface area contributed by atoms with E-state index in [0.29, 0.717) is 0 Å². The van der Waals surface area contributed by atoms with Gasteiger partial charge in [-0.05, 0) is 62.9 Å². The van der Waals surface area contributed by atoms with Crippen molar-refractivity contribution in [3.8, 4) is 0 Å². The smallest absolute Gasteiger partial charge is 0.251 e. The number of amides is 1. The fourth-order valence-electron chi connectivity index (χ4n) is 3.63. The van der Waals surface area contributed by atoms with Crippen LogP contribution in [0.2, 0.25) is 0 Å². The van der Waals surface area contributed by atoms with E-state index in [1.54, 1.807) is 0 Å². The first-order valence-electron chi connectivity index (χ1n) is 8.58. The summed E-state index contributed by atoms with van der Waals surface area (Å²) in [5.74, 6) is 0.0273. The Bertz CT molecular complexity index is 905. The number of hydrogen-bond donors (Lipinski definition) is 2. The van der Waals surface area contributed by atoms with Crippen molar-refractivity contribution in [2.24, 2.45) is 0 Å². The van der Waals surface area contributed by atoms with Crippen molar-refractivity contribution in [2.45, 2.75) is 39.2 Å². The Balaban J connectivity index is 1.55. The molecule has 1 heterocycles. The maximum atomic E-state index is 12.5. The van der Waals surface area contributed by atoms with E-state index < -0.39 is 0 Å². The van der Waals surface area contributed by atoms with Gasteiger partial charge in [0.25, 0.3) is 5.91 Å². The molecule has 3 aromatic rings. The molecule has 0 aliphatic heterocycles. The highest BCUT2D eigenvalue weighted by molar-refractivity contribution is 5.94. The number of aromatic amines is 1. The van der Waals surface area contributed by atoms with Gasteiger partial charge in [-0.2, -0.15) is 0 Å². The highest BCUT2D eigenvalue weighted by Gasteiger charge is 2.24. The van der Waals surface area contributed by atoms with Crippen LogP contribution in [0.25, 0.3) is 10.9 Å². The minimum atomic E-state index is 0.0273. The molecular formula is C21H22N2O. The lowest BCUT2D eigenvalue weighted by molar-refractivity contribution is 0.0933. The molecule has 0 fully saturated rings. The van der Waals surface area contributed by atoms with Crippen LogP contribution in [0.5, 0.6) is 0 Å². The van der Waals surface area contributed by atoms with Crippen LogP contribution in [0.3, 0.4) is 0 Å². The van der Waals surface area contributed by atoms with E-state index in [1.807, 2.05) is 31.2 Å². The second-order valence-electron chi connectivity index (χ2n) is 6.91. The third kappa shape index (κ3) is 2.71. The summed E-state index contributed by atoms with van der Waals surface area (Å²) in [6.07, 6.45) is 2.87. The van der Waals surface area contributed by atoms with Crippen molar-refractivity contribution < 1.29 is 4.79 Å². The third-order valence-corrected chi connectivity index (χ3v) is 4.99. The lowest BCUT2D eigenvalue weighted by atomic mass is 9.91. The van der Waals surface area contributed by atoms with Crippen molar-refractivity contribution in [3.05, 3.63) is 70.4 Å². The maximum Gasteiger partial charge on any atom is 0.251 e. The lowest BCUT2D eigenvalue weighted by Gasteiger charge is -2.23. The predicted molar refractivity (Wildman–Crippen MR) is 97.5 cm³/mol. The predicted octanol–water partition coefficient (Wildman–Crippen LogP) is 4.07. The van der Waals surface area contributed by atoms with Crippen LogP contribution < -0.4 is 5.32 Å². The maximum absolute atomic E-state index is 12.5. The minimum absolute atomic E-state index is 0.0273. The number of aromatic nitrogens is 1. The molecule has 1 aliphatic rings.